The SMILES string of the molecule is CC1(C)OC[C@H]([C@H]2O[C@@H]3OC(C)(C)O[C@@H]3[C@]2(CC#N)NCc2ccccc2)O1. The van der Waals surface area contributed by atoms with Crippen molar-refractivity contribution in [3.63, 3.8) is 0 Å². The minimum absolute atomic E-state index is 0.200. The Balaban J connectivity index is 1.65. The van der Waals surface area contributed by atoms with Crippen molar-refractivity contribution >= 4 is 0 Å². The Kier molecular flexibility index (Phi) is 4.99. The molecule has 7 nitrogen and oxygen atoms in total. The highest BCUT2D eigenvalue weighted by Gasteiger charge is 2.66. The van der Waals surface area contributed by atoms with Gasteiger partial charge in [-0.05, 0) is 33.3 Å². The third kappa shape index (κ3) is 3.57. The van der Waals surface area contributed by atoms with Crippen LogP contribution in [0.3, 0.4) is 0 Å². The van der Waals surface area contributed by atoms with Gasteiger partial charge in [-0.15, -0.1) is 0 Å². The van der Waals surface area contributed by atoms with E-state index < -0.39 is 35.6 Å². The number of nitriles is 1. The first-order chi connectivity index (χ1) is 13.2. The molecule has 7 heteroatoms. The lowest BCUT2D eigenvalue weighted by Crippen LogP contribution is -2.62. The van der Waals surface area contributed by atoms with E-state index in [4.69, 9.17) is 23.7 Å². The molecule has 0 bridgehead atoms. The zero-order valence-corrected chi connectivity index (χ0v) is 16.8. The Morgan fingerprint density at radius 3 is 2.43 bits per heavy atom. The lowest BCUT2D eigenvalue weighted by Gasteiger charge is -2.39. The third-order valence-electron chi connectivity index (χ3n) is 5.56. The molecular formula is C21H28N2O5. The molecule has 0 radical (unpaired) electrons. The van der Waals surface area contributed by atoms with Crippen molar-refractivity contribution < 1.29 is 23.7 Å². The molecule has 152 valence electrons. The van der Waals surface area contributed by atoms with E-state index in [9.17, 15) is 5.26 Å². The summed E-state index contributed by atoms with van der Waals surface area (Å²) in [6.07, 6.45) is -1.56. The molecule has 0 saturated carbocycles. The van der Waals surface area contributed by atoms with Gasteiger partial charge in [0.1, 0.15) is 18.3 Å². The van der Waals surface area contributed by atoms with E-state index in [-0.39, 0.29) is 12.5 Å². The van der Waals surface area contributed by atoms with Crippen LogP contribution in [0.2, 0.25) is 0 Å². The zero-order chi connectivity index (χ0) is 20.0. The highest BCUT2D eigenvalue weighted by Crippen LogP contribution is 2.47. The topological polar surface area (TPSA) is 82.0 Å². The molecule has 4 rings (SSSR count). The lowest BCUT2D eigenvalue weighted by atomic mass is 9.82. The number of nitrogens with zero attached hydrogens (tertiary/aromatic N) is 1. The predicted octanol–water partition coefficient (Wildman–Crippen LogP) is 2.46. The van der Waals surface area contributed by atoms with Crippen LogP contribution >= 0.6 is 0 Å². The fraction of sp³-hybridized carbons (Fsp3) is 0.667. The molecule has 0 amide bonds. The number of rotatable bonds is 5. The van der Waals surface area contributed by atoms with Gasteiger partial charge < -0.3 is 29.0 Å². The van der Waals surface area contributed by atoms with E-state index in [1.165, 1.54) is 0 Å². The van der Waals surface area contributed by atoms with Crippen molar-refractivity contribution in [2.24, 2.45) is 0 Å². The molecule has 0 aliphatic carbocycles. The summed E-state index contributed by atoms with van der Waals surface area (Å²) in [6.45, 7) is 8.43. The summed E-state index contributed by atoms with van der Waals surface area (Å²) in [5.41, 5.74) is 0.335. The van der Waals surface area contributed by atoms with Crippen molar-refractivity contribution in [3.8, 4) is 6.07 Å². The summed E-state index contributed by atoms with van der Waals surface area (Å²) < 4.78 is 30.3. The standard InChI is InChI=1S/C21H28N2O5/c1-19(2)24-13-15(26-19)16-21(10-11-22,23-12-14-8-6-5-7-9-14)17-18(25-16)28-20(3,4)27-17/h5-9,15-18,23H,10,12-13H2,1-4H3/t15-,16-,17+,18-,21-/m1/s1. The van der Waals surface area contributed by atoms with E-state index >= 15 is 0 Å². The minimum atomic E-state index is -0.780. The summed E-state index contributed by atoms with van der Waals surface area (Å²) >= 11 is 0. The van der Waals surface area contributed by atoms with E-state index in [2.05, 4.69) is 11.4 Å². The van der Waals surface area contributed by atoms with Gasteiger partial charge in [0.2, 0.25) is 0 Å². The first-order valence-corrected chi connectivity index (χ1v) is 9.73. The van der Waals surface area contributed by atoms with Crippen molar-refractivity contribution in [3.05, 3.63) is 35.9 Å². The molecule has 3 saturated heterocycles. The van der Waals surface area contributed by atoms with Crippen LogP contribution in [-0.2, 0) is 30.2 Å². The minimum Gasteiger partial charge on any atom is -0.348 e. The van der Waals surface area contributed by atoms with Crippen LogP contribution in [0, 0.1) is 11.3 Å². The number of benzene rings is 1. The van der Waals surface area contributed by atoms with Gasteiger partial charge in [-0.2, -0.15) is 5.26 Å². The Labute approximate surface area is 165 Å². The van der Waals surface area contributed by atoms with Crippen molar-refractivity contribution in [2.75, 3.05) is 6.61 Å². The zero-order valence-electron chi connectivity index (χ0n) is 16.8. The smallest absolute Gasteiger partial charge is 0.189 e. The number of ether oxygens (including phenoxy) is 5. The highest BCUT2D eigenvalue weighted by atomic mass is 16.8. The molecule has 3 heterocycles. The molecular weight excluding hydrogens is 360 g/mol. The molecule has 3 aliphatic heterocycles. The Bertz CT molecular complexity index is 747. The van der Waals surface area contributed by atoms with E-state index in [0.717, 1.165) is 5.56 Å². The first-order valence-electron chi connectivity index (χ1n) is 9.73. The molecule has 3 fully saturated rings. The van der Waals surface area contributed by atoms with Crippen LogP contribution < -0.4 is 5.32 Å². The molecule has 0 unspecified atom stereocenters. The Morgan fingerprint density at radius 2 is 1.79 bits per heavy atom. The Hall–Kier alpha value is -1.53. The molecule has 5 atom stereocenters. The predicted molar refractivity (Wildman–Crippen MR) is 99.8 cm³/mol. The van der Waals surface area contributed by atoms with Gasteiger partial charge in [-0.25, -0.2) is 0 Å². The van der Waals surface area contributed by atoms with Gasteiger partial charge in [-0.3, -0.25) is 0 Å². The summed E-state index contributed by atoms with van der Waals surface area (Å²) in [5, 5.41) is 13.3. The Morgan fingerprint density at radius 1 is 1.04 bits per heavy atom. The van der Waals surface area contributed by atoms with Crippen LogP contribution in [0.4, 0.5) is 0 Å². The third-order valence-corrected chi connectivity index (χ3v) is 5.56. The van der Waals surface area contributed by atoms with Crippen molar-refractivity contribution in [2.45, 2.75) is 82.4 Å². The molecule has 28 heavy (non-hydrogen) atoms. The molecule has 1 aromatic rings. The number of fused-ring (bicyclic) bond motifs is 1. The number of hydrogen-bond acceptors (Lipinski definition) is 7. The maximum atomic E-state index is 9.69. The average Bonchev–Trinajstić information content (AvgIpc) is 3.24. The summed E-state index contributed by atoms with van der Waals surface area (Å²) in [4.78, 5) is 0. The van der Waals surface area contributed by atoms with Gasteiger partial charge in [0.15, 0.2) is 17.9 Å². The monoisotopic (exact) mass is 388 g/mol. The molecule has 1 N–H and O–H groups in total. The average molecular weight is 388 g/mol. The van der Waals surface area contributed by atoms with Crippen LogP contribution in [-0.4, -0.2) is 48.3 Å². The highest BCUT2D eigenvalue weighted by molar-refractivity contribution is 5.19. The first kappa shape index (κ1) is 19.8. The maximum absolute atomic E-state index is 9.69. The van der Waals surface area contributed by atoms with Gasteiger partial charge in [0.05, 0.1) is 24.6 Å². The normalized spacial score (nSPS) is 38.2. The van der Waals surface area contributed by atoms with Crippen LogP contribution in [0.5, 0.6) is 0 Å². The van der Waals surface area contributed by atoms with E-state index in [1.54, 1.807) is 0 Å². The van der Waals surface area contributed by atoms with Crippen molar-refractivity contribution in [1.82, 2.24) is 5.32 Å². The second-order valence-electron chi connectivity index (χ2n) is 8.56. The fourth-order valence-electron chi connectivity index (χ4n) is 4.35. The van der Waals surface area contributed by atoms with Crippen LogP contribution in [0.25, 0.3) is 0 Å². The van der Waals surface area contributed by atoms with Gasteiger partial charge in [0.25, 0.3) is 0 Å². The van der Waals surface area contributed by atoms with Crippen LogP contribution in [0.1, 0.15) is 39.7 Å². The number of hydrogen-bond donors (Lipinski definition) is 1. The molecule has 3 aliphatic rings. The van der Waals surface area contributed by atoms with E-state index in [1.807, 2.05) is 58.0 Å². The number of nitrogens with one attached hydrogen (secondary N) is 1. The summed E-state index contributed by atoms with van der Waals surface area (Å²) in [5.74, 6) is -1.47. The second-order valence-corrected chi connectivity index (χ2v) is 8.56. The molecule has 1 aromatic carbocycles. The lowest BCUT2D eigenvalue weighted by molar-refractivity contribution is -0.231. The van der Waals surface area contributed by atoms with Crippen molar-refractivity contribution in [1.29, 1.82) is 5.26 Å². The second kappa shape index (κ2) is 7.06. The summed E-state index contributed by atoms with van der Waals surface area (Å²) in [7, 11) is 0. The quantitative estimate of drug-likeness (QED) is 0.830. The summed E-state index contributed by atoms with van der Waals surface area (Å²) in [6, 6.07) is 12.4. The van der Waals surface area contributed by atoms with Gasteiger partial charge in [0, 0.05) is 6.54 Å². The fourth-order valence-corrected chi connectivity index (χ4v) is 4.35. The largest absolute Gasteiger partial charge is 0.348 e. The molecule has 0 spiro atoms. The van der Waals surface area contributed by atoms with Gasteiger partial charge in [-0.1, -0.05) is 30.3 Å². The van der Waals surface area contributed by atoms with Gasteiger partial charge >= 0.3 is 0 Å². The van der Waals surface area contributed by atoms with E-state index in [0.29, 0.717) is 13.2 Å². The van der Waals surface area contributed by atoms with Crippen LogP contribution in [0.15, 0.2) is 30.3 Å². The maximum Gasteiger partial charge on any atom is 0.189 e. The molecule has 0 aromatic heterocycles.